The number of hydrogen-bond acceptors (Lipinski definition) is 5. The van der Waals surface area contributed by atoms with Gasteiger partial charge < -0.3 is 15.2 Å². The van der Waals surface area contributed by atoms with Gasteiger partial charge in [0.25, 0.3) is 0 Å². The summed E-state index contributed by atoms with van der Waals surface area (Å²) < 4.78 is 5.06. The minimum atomic E-state index is 0.290. The highest BCUT2D eigenvalue weighted by atomic mass is 32.1. The molecule has 2 aromatic rings. The fourth-order valence-electron chi connectivity index (χ4n) is 1.95. The first-order valence-electron chi connectivity index (χ1n) is 6.88. The Morgan fingerprint density at radius 3 is 2.81 bits per heavy atom. The number of hydrogen-bond donors (Lipinski definition) is 2. The summed E-state index contributed by atoms with van der Waals surface area (Å²) in [6.07, 6.45) is 0.971. The number of nitrogens with one attached hydrogen (secondary N) is 2. The third-order valence-electron chi connectivity index (χ3n) is 2.89. The van der Waals surface area contributed by atoms with Crippen molar-refractivity contribution in [3.8, 4) is 0 Å². The highest BCUT2D eigenvalue weighted by Gasteiger charge is 2.09. The first-order chi connectivity index (χ1) is 10.1. The minimum Gasteiger partial charge on any atom is -0.354 e. The molecule has 7 heteroatoms. The molecule has 1 unspecified atom stereocenters. The molecule has 0 aliphatic heterocycles. The van der Waals surface area contributed by atoms with Gasteiger partial charge in [0.05, 0.1) is 6.54 Å². The van der Waals surface area contributed by atoms with Crippen molar-refractivity contribution in [1.29, 1.82) is 0 Å². The van der Waals surface area contributed by atoms with Crippen molar-refractivity contribution in [1.82, 2.24) is 20.8 Å². The van der Waals surface area contributed by atoms with Crippen LogP contribution in [0.5, 0.6) is 0 Å². The average molecular weight is 307 g/mol. The monoisotopic (exact) mass is 307 g/mol. The van der Waals surface area contributed by atoms with Crippen LogP contribution >= 0.6 is 11.3 Å². The van der Waals surface area contributed by atoms with Gasteiger partial charge in [-0.2, -0.15) is 4.98 Å². The van der Waals surface area contributed by atoms with E-state index in [4.69, 9.17) is 4.52 Å². The maximum Gasteiger partial charge on any atom is 0.246 e. The van der Waals surface area contributed by atoms with Gasteiger partial charge in [0, 0.05) is 29.3 Å². The Hall–Kier alpha value is -1.89. The van der Waals surface area contributed by atoms with E-state index in [0.717, 1.165) is 12.4 Å². The van der Waals surface area contributed by atoms with Crippen molar-refractivity contribution in [2.45, 2.75) is 39.8 Å². The number of aromatic nitrogens is 2. The third-order valence-corrected chi connectivity index (χ3v) is 3.91. The van der Waals surface area contributed by atoms with Crippen molar-refractivity contribution in [2.75, 3.05) is 7.05 Å². The molecule has 0 fully saturated rings. The van der Waals surface area contributed by atoms with Gasteiger partial charge in [-0.15, -0.1) is 11.3 Å². The SMILES string of the molecule is CN=C(NCc1nc(C)no1)NC(C)Cc1ccc(C)s1. The smallest absolute Gasteiger partial charge is 0.246 e. The molecule has 0 saturated carbocycles. The van der Waals surface area contributed by atoms with E-state index in [9.17, 15) is 0 Å². The van der Waals surface area contributed by atoms with Crippen molar-refractivity contribution < 1.29 is 4.52 Å². The van der Waals surface area contributed by atoms with Crippen molar-refractivity contribution in [3.63, 3.8) is 0 Å². The van der Waals surface area contributed by atoms with Crippen LogP contribution in [0.15, 0.2) is 21.6 Å². The molecule has 1 atom stereocenters. The molecule has 6 nitrogen and oxygen atoms in total. The van der Waals surface area contributed by atoms with Crippen LogP contribution in [0.1, 0.15) is 28.4 Å². The van der Waals surface area contributed by atoms with E-state index in [2.05, 4.69) is 51.7 Å². The molecule has 2 aromatic heterocycles. The zero-order valence-electron chi connectivity index (χ0n) is 12.8. The standard InChI is InChI=1S/C14H21N5OS/c1-9(7-12-6-5-10(2)21-12)17-14(15-4)16-8-13-18-11(3)19-20-13/h5-6,9H,7-8H2,1-4H3,(H2,15,16,17). The van der Waals surface area contributed by atoms with Crippen molar-refractivity contribution in [2.24, 2.45) is 4.99 Å². The van der Waals surface area contributed by atoms with Crippen molar-refractivity contribution in [3.05, 3.63) is 33.6 Å². The number of guanidine groups is 1. The number of thiophene rings is 1. The molecule has 0 radical (unpaired) electrons. The molecule has 0 saturated heterocycles. The van der Waals surface area contributed by atoms with Crippen molar-refractivity contribution >= 4 is 17.3 Å². The summed E-state index contributed by atoms with van der Waals surface area (Å²) in [5.41, 5.74) is 0. The van der Waals surface area contributed by atoms with Gasteiger partial charge in [0.15, 0.2) is 11.8 Å². The number of rotatable bonds is 5. The summed E-state index contributed by atoms with van der Waals surface area (Å²) in [4.78, 5) is 11.1. The maximum absolute atomic E-state index is 5.06. The first kappa shape index (κ1) is 15.5. The second kappa shape index (κ2) is 7.21. The lowest BCUT2D eigenvalue weighted by Gasteiger charge is -2.16. The predicted molar refractivity (Wildman–Crippen MR) is 84.6 cm³/mol. The summed E-state index contributed by atoms with van der Waals surface area (Å²) in [5.74, 6) is 1.92. The Balaban J connectivity index is 1.81. The number of aliphatic imine (C=N–C) groups is 1. The van der Waals surface area contributed by atoms with E-state index >= 15 is 0 Å². The van der Waals surface area contributed by atoms with E-state index in [0.29, 0.717) is 24.3 Å². The molecule has 2 rings (SSSR count). The summed E-state index contributed by atoms with van der Waals surface area (Å²) in [7, 11) is 1.75. The van der Waals surface area contributed by atoms with E-state index in [1.807, 2.05) is 11.3 Å². The Kier molecular flexibility index (Phi) is 5.32. The van der Waals surface area contributed by atoms with Gasteiger partial charge in [-0.05, 0) is 32.9 Å². The summed E-state index contributed by atoms with van der Waals surface area (Å²) in [5, 5.41) is 10.3. The molecule has 0 amide bonds. The second-order valence-electron chi connectivity index (χ2n) is 4.92. The average Bonchev–Trinajstić information content (AvgIpc) is 3.03. The molecule has 21 heavy (non-hydrogen) atoms. The summed E-state index contributed by atoms with van der Waals surface area (Å²) in [6.45, 7) is 6.52. The molecule has 0 aliphatic rings. The van der Waals surface area contributed by atoms with E-state index in [1.165, 1.54) is 9.75 Å². The molecule has 0 aliphatic carbocycles. The number of nitrogens with zero attached hydrogens (tertiary/aromatic N) is 3. The molecule has 0 bridgehead atoms. The van der Waals surface area contributed by atoms with Crippen LogP contribution < -0.4 is 10.6 Å². The van der Waals surface area contributed by atoms with Gasteiger partial charge in [-0.1, -0.05) is 5.16 Å². The van der Waals surface area contributed by atoms with E-state index in [-0.39, 0.29) is 0 Å². The van der Waals surface area contributed by atoms with E-state index < -0.39 is 0 Å². The Bertz CT molecular complexity index is 604. The lowest BCUT2D eigenvalue weighted by molar-refractivity contribution is 0.371. The molecule has 2 heterocycles. The van der Waals surface area contributed by atoms with Crippen LogP contribution in [0.4, 0.5) is 0 Å². The van der Waals surface area contributed by atoms with Gasteiger partial charge in [0.2, 0.25) is 5.89 Å². The Labute approximate surface area is 128 Å². The highest BCUT2D eigenvalue weighted by molar-refractivity contribution is 7.11. The van der Waals surface area contributed by atoms with Crippen LogP contribution in [0.25, 0.3) is 0 Å². The lowest BCUT2D eigenvalue weighted by atomic mass is 10.2. The van der Waals surface area contributed by atoms with Crippen LogP contribution in [0, 0.1) is 13.8 Å². The van der Waals surface area contributed by atoms with Crippen LogP contribution in [-0.2, 0) is 13.0 Å². The molecular weight excluding hydrogens is 286 g/mol. The van der Waals surface area contributed by atoms with Gasteiger partial charge >= 0.3 is 0 Å². The first-order valence-corrected chi connectivity index (χ1v) is 7.70. The predicted octanol–water partition coefficient (Wildman–Crippen LogP) is 2.04. The highest BCUT2D eigenvalue weighted by Crippen LogP contribution is 2.16. The topological polar surface area (TPSA) is 75.3 Å². The lowest BCUT2D eigenvalue weighted by Crippen LogP contribution is -2.42. The van der Waals surface area contributed by atoms with Crippen LogP contribution in [0.3, 0.4) is 0 Å². The van der Waals surface area contributed by atoms with Crippen LogP contribution in [0.2, 0.25) is 0 Å². The van der Waals surface area contributed by atoms with Crippen LogP contribution in [-0.4, -0.2) is 29.2 Å². The van der Waals surface area contributed by atoms with Gasteiger partial charge in [0.1, 0.15) is 0 Å². The second-order valence-corrected chi connectivity index (χ2v) is 6.30. The normalized spacial score (nSPS) is 13.2. The fraction of sp³-hybridized carbons (Fsp3) is 0.500. The van der Waals surface area contributed by atoms with Gasteiger partial charge in [-0.3, -0.25) is 4.99 Å². The molecule has 0 aromatic carbocycles. The third kappa shape index (κ3) is 4.86. The fourth-order valence-corrected chi connectivity index (χ4v) is 2.97. The summed E-state index contributed by atoms with van der Waals surface area (Å²) in [6, 6.07) is 4.62. The molecule has 2 N–H and O–H groups in total. The largest absolute Gasteiger partial charge is 0.354 e. The quantitative estimate of drug-likeness (QED) is 0.653. The zero-order valence-corrected chi connectivity index (χ0v) is 13.6. The summed E-state index contributed by atoms with van der Waals surface area (Å²) >= 11 is 1.83. The molecular formula is C14H21N5OS. The number of aryl methyl sites for hydroxylation is 2. The molecule has 0 spiro atoms. The van der Waals surface area contributed by atoms with E-state index in [1.54, 1.807) is 14.0 Å². The zero-order chi connectivity index (χ0) is 15.2. The Morgan fingerprint density at radius 2 is 2.24 bits per heavy atom. The van der Waals surface area contributed by atoms with Gasteiger partial charge in [-0.25, -0.2) is 0 Å². The minimum absolute atomic E-state index is 0.290. The Morgan fingerprint density at radius 1 is 1.43 bits per heavy atom. The molecule has 114 valence electrons. The maximum atomic E-state index is 5.06.